The molecule has 1 aliphatic rings. The first kappa shape index (κ1) is 14.3. The molecule has 1 unspecified atom stereocenters. The normalized spacial score (nSPS) is 22.1. The molecule has 1 fully saturated rings. The van der Waals surface area contributed by atoms with Crippen molar-refractivity contribution < 1.29 is 9.90 Å². The van der Waals surface area contributed by atoms with Gasteiger partial charge in [-0.3, -0.25) is 4.79 Å². The van der Waals surface area contributed by atoms with Crippen molar-refractivity contribution in [2.24, 2.45) is 0 Å². The summed E-state index contributed by atoms with van der Waals surface area (Å²) in [7, 11) is 1.55. The minimum absolute atomic E-state index is 0.0642. The van der Waals surface area contributed by atoms with Crippen LogP contribution in [0.2, 0.25) is 0 Å². The molecular weight excluding hydrogens is 256 g/mol. The third kappa shape index (κ3) is 3.06. The van der Waals surface area contributed by atoms with E-state index in [0.717, 1.165) is 13.0 Å². The van der Waals surface area contributed by atoms with Gasteiger partial charge in [-0.25, -0.2) is 4.98 Å². The zero-order valence-corrected chi connectivity index (χ0v) is 11.5. The lowest BCUT2D eigenvalue weighted by Crippen LogP contribution is -2.50. The van der Waals surface area contributed by atoms with Gasteiger partial charge in [-0.15, -0.1) is 0 Å². The van der Waals surface area contributed by atoms with Crippen molar-refractivity contribution in [3.63, 3.8) is 0 Å². The van der Waals surface area contributed by atoms with Gasteiger partial charge < -0.3 is 15.3 Å². The summed E-state index contributed by atoms with van der Waals surface area (Å²) >= 11 is 0. The molecule has 0 bridgehead atoms. The number of carbonyl (C=O) groups is 1. The molecule has 0 aliphatic carbocycles. The van der Waals surface area contributed by atoms with Gasteiger partial charge in [-0.1, -0.05) is 0 Å². The maximum absolute atomic E-state index is 11.5. The molecule has 1 saturated heterocycles. The van der Waals surface area contributed by atoms with E-state index in [1.165, 1.54) is 0 Å². The first-order valence-electron chi connectivity index (χ1n) is 6.61. The van der Waals surface area contributed by atoms with Crippen LogP contribution in [0.25, 0.3) is 0 Å². The molecule has 6 heteroatoms. The van der Waals surface area contributed by atoms with Gasteiger partial charge in [0.2, 0.25) is 5.91 Å². The van der Waals surface area contributed by atoms with Crippen molar-refractivity contribution in [3.8, 4) is 6.07 Å². The van der Waals surface area contributed by atoms with Crippen molar-refractivity contribution in [1.29, 1.82) is 5.26 Å². The molecule has 0 aromatic carbocycles. The number of pyridine rings is 1. The van der Waals surface area contributed by atoms with Crippen LogP contribution in [0.4, 0.5) is 5.82 Å². The molecule has 20 heavy (non-hydrogen) atoms. The Bertz CT molecular complexity index is 540. The quantitative estimate of drug-likeness (QED) is 0.834. The summed E-state index contributed by atoms with van der Waals surface area (Å²) in [5, 5.41) is 22.2. The summed E-state index contributed by atoms with van der Waals surface area (Å²) in [4.78, 5) is 17.6. The summed E-state index contributed by atoms with van der Waals surface area (Å²) in [5.41, 5.74) is -0.584. The van der Waals surface area contributed by atoms with Crippen molar-refractivity contribution in [2.75, 3.05) is 25.0 Å². The highest BCUT2D eigenvalue weighted by molar-refractivity contribution is 5.76. The number of nitrogens with one attached hydrogen (secondary N) is 1. The molecule has 2 N–H and O–H groups in total. The summed E-state index contributed by atoms with van der Waals surface area (Å²) in [5.74, 6) is 0.390. The van der Waals surface area contributed by atoms with Gasteiger partial charge in [0.25, 0.3) is 0 Å². The Hall–Kier alpha value is -2.13. The zero-order chi connectivity index (χ0) is 14.6. The number of amides is 1. The second-order valence-electron chi connectivity index (χ2n) is 5.09. The number of anilines is 1. The summed E-state index contributed by atoms with van der Waals surface area (Å²) in [6, 6.07) is 5.52. The van der Waals surface area contributed by atoms with E-state index in [2.05, 4.69) is 16.4 Å². The van der Waals surface area contributed by atoms with Gasteiger partial charge >= 0.3 is 0 Å². The molecule has 0 radical (unpaired) electrons. The highest BCUT2D eigenvalue weighted by Crippen LogP contribution is 2.28. The van der Waals surface area contributed by atoms with Gasteiger partial charge in [0.05, 0.1) is 17.6 Å². The van der Waals surface area contributed by atoms with Crippen LogP contribution in [0.3, 0.4) is 0 Å². The minimum Gasteiger partial charge on any atom is -0.388 e. The Balaban J connectivity index is 2.18. The van der Waals surface area contributed by atoms with Crippen LogP contribution >= 0.6 is 0 Å². The van der Waals surface area contributed by atoms with Crippen molar-refractivity contribution in [2.45, 2.75) is 24.9 Å². The maximum atomic E-state index is 11.5. The molecular formula is C14H18N4O2. The molecule has 0 saturated carbocycles. The maximum Gasteiger partial charge on any atom is 0.222 e. The van der Waals surface area contributed by atoms with Crippen LogP contribution in [-0.2, 0) is 4.79 Å². The lowest BCUT2D eigenvalue weighted by molar-refractivity contribution is -0.125. The number of carbonyl (C=O) groups excluding carboxylic acids is 1. The topological polar surface area (TPSA) is 89.2 Å². The van der Waals surface area contributed by atoms with E-state index in [4.69, 9.17) is 5.26 Å². The molecule has 1 amide bonds. The fourth-order valence-electron chi connectivity index (χ4n) is 2.56. The van der Waals surface area contributed by atoms with Gasteiger partial charge in [0, 0.05) is 26.3 Å². The molecule has 6 nitrogen and oxygen atoms in total. The van der Waals surface area contributed by atoms with E-state index >= 15 is 0 Å². The smallest absolute Gasteiger partial charge is 0.222 e. The van der Waals surface area contributed by atoms with E-state index < -0.39 is 5.60 Å². The predicted octanol–water partition coefficient (Wildman–Crippen LogP) is 0.421. The number of aromatic nitrogens is 1. The second kappa shape index (κ2) is 5.88. The van der Waals surface area contributed by atoms with Gasteiger partial charge in [0.1, 0.15) is 11.9 Å². The Labute approximate surface area is 118 Å². The van der Waals surface area contributed by atoms with E-state index in [0.29, 0.717) is 24.3 Å². The lowest BCUT2D eigenvalue weighted by atomic mass is 9.89. The Morgan fingerprint density at radius 1 is 1.70 bits per heavy atom. The van der Waals surface area contributed by atoms with Crippen LogP contribution in [0, 0.1) is 11.3 Å². The van der Waals surface area contributed by atoms with E-state index in [-0.39, 0.29) is 12.3 Å². The average molecular weight is 274 g/mol. The van der Waals surface area contributed by atoms with Crippen LogP contribution in [-0.4, -0.2) is 41.7 Å². The van der Waals surface area contributed by atoms with Gasteiger partial charge in [-0.2, -0.15) is 5.26 Å². The molecule has 106 valence electrons. The number of hydrogen-bond donors (Lipinski definition) is 2. The van der Waals surface area contributed by atoms with Crippen LogP contribution in [0.15, 0.2) is 18.3 Å². The summed E-state index contributed by atoms with van der Waals surface area (Å²) < 4.78 is 0. The van der Waals surface area contributed by atoms with Crippen molar-refractivity contribution >= 4 is 11.7 Å². The average Bonchev–Trinajstić information content (AvgIpc) is 2.46. The molecule has 1 aliphatic heterocycles. The lowest BCUT2D eigenvalue weighted by Gasteiger charge is -2.39. The predicted molar refractivity (Wildman–Crippen MR) is 74.0 cm³/mol. The summed E-state index contributed by atoms with van der Waals surface area (Å²) in [6.45, 7) is 1.04. The van der Waals surface area contributed by atoms with E-state index in [9.17, 15) is 9.90 Å². The molecule has 2 rings (SSSR count). The highest BCUT2D eigenvalue weighted by atomic mass is 16.3. The number of nitrogens with zero attached hydrogens (tertiary/aromatic N) is 3. The minimum atomic E-state index is -1.07. The molecule has 0 spiro atoms. The van der Waals surface area contributed by atoms with Crippen molar-refractivity contribution in [1.82, 2.24) is 10.3 Å². The number of aliphatic hydroxyl groups is 1. The summed E-state index contributed by atoms with van der Waals surface area (Å²) in [6.07, 6.45) is 3.03. The molecule has 1 aromatic heterocycles. The third-order valence-electron chi connectivity index (χ3n) is 3.53. The largest absolute Gasteiger partial charge is 0.388 e. The highest BCUT2D eigenvalue weighted by Gasteiger charge is 2.36. The van der Waals surface area contributed by atoms with E-state index in [1.54, 1.807) is 25.4 Å². The standard InChI is InChI=1S/C14H18N4O2/c1-16-12(19)8-14(20)5-3-7-18(10-14)13-11(9-15)4-2-6-17-13/h2,4,6,20H,3,5,7-8,10H2,1H3,(H,16,19). The zero-order valence-electron chi connectivity index (χ0n) is 11.5. The molecule has 1 aromatic rings. The number of rotatable bonds is 3. The van der Waals surface area contributed by atoms with Crippen LogP contribution in [0.5, 0.6) is 0 Å². The number of hydrogen-bond acceptors (Lipinski definition) is 5. The Kier molecular flexibility index (Phi) is 4.20. The molecule has 1 atom stereocenters. The third-order valence-corrected chi connectivity index (χ3v) is 3.53. The molecule has 2 heterocycles. The fraction of sp³-hybridized carbons (Fsp3) is 0.500. The number of piperidine rings is 1. The Morgan fingerprint density at radius 2 is 2.50 bits per heavy atom. The fourth-order valence-corrected chi connectivity index (χ4v) is 2.56. The monoisotopic (exact) mass is 274 g/mol. The van der Waals surface area contributed by atoms with Crippen molar-refractivity contribution in [3.05, 3.63) is 23.9 Å². The van der Waals surface area contributed by atoms with Crippen LogP contribution in [0.1, 0.15) is 24.8 Å². The second-order valence-corrected chi connectivity index (χ2v) is 5.09. The Morgan fingerprint density at radius 3 is 3.20 bits per heavy atom. The van der Waals surface area contributed by atoms with E-state index in [1.807, 2.05) is 4.90 Å². The van der Waals surface area contributed by atoms with Gasteiger partial charge in [-0.05, 0) is 25.0 Å². The van der Waals surface area contributed by atoms with Crippen LogP contribution < -0.4 is 10.2 Å². The first-order chi connectivity index (χ1) is 9.58. The first-order valence-corrected chi connectivity index (χ1v) is 6.61. The number of nitriles is 1. The number of β-amino-alcohol motifs (C(OH)–C–C–N with tert-alkyl or cyclic N) is 1. The van der Waals surface area contributed by atoms with Gasteiger partial charge in [0.15, 0.2) is 0 Å². The SMILES string of the molecule is CNC(=O)CC1(O)CCCN(c2ncccc2C#N)C1.